The number of aromatic nitrogens is 1. The molecule has 24 heavy (non-hydrogen) atoms. The van der Waals surface area contributed by atoms with E-state index in [0.717, 1.165) is 36.7 Å². The minimum Gasteiger partial charge on any atom is -0.444 e. The van der Waals surface area contributed by atoms with E-state index >= 15 is 0 Å². The Morgan fingerprint density at radius 2 is 2.04 bits per heavy atom. The second-order valence-electron chi connectivity index (χ2n) is 6.01. The van der Waals surface area contributed by atoms with Gasteiger partial charge in [0.15, 0.2) is 5.96 Å². The van der Waals surface area contributed by atoms with Crippen LogP contribution in [0.2, 0.25) is 0 Å². The molecule has 0 bridgehead atoms. The molecule has 0 radical (unpaired) electrons. The fourth-order valence-electron chi connectivity index (χ4n) is 2.44. The lowest BCUT2D eigenvalue weighted by Crippen LogP contribution is -2.40. The van der Waals surface area contributed by atoms with Crippen LogP contribution in [0.3, 0.4) is 0 Å². The molecule has 0 fully saturated rings. The summed E-state index contributed by atoms with van der Waals surface area (Å²) >= 11 is 0. The standard InChI is InChI=1S/C19H28N4O/c1-5-6-13-23(4)19(20-3)21-12-11-17-14-24-18(22-17)16-9-7-15(2)8-10-16/h7-10,14H,5-6,11-13H2,1-4H3,(H,20,21). The van der Waals surface area contributed by atoms with Gasteiger partial charge in [-0.05, 0) is 25.5 Å². The van der Waals surface area contributed by atoms with Crippen molar-refractivity contribution < 1.29 is 4.42 Å². The molecule has 2 aromatic rings. The monoisotopic (exact) mass is 328 g/mol. The van der Waals surface area contributed by atoms with Crippen molar-refractivity contribution in [2.75, 3.05) is 27.2 Å². The van der Waals surface area contributed by atoms with E-state index in [4.69, 9.17) is 4.42 Å². The highest BCUT2D eigenvalue weighted by Gasteiger charge is 2.08. The van der Waals surface area contributed by atoms with E-state index in [1.54, 1.807) is 6.26 Å². The van der Waals surface area contributed by atoms with Crippen molar-refractivity contribution in [1.82, 2.24) is 15.2 Å². The molecule has 1 heterocycles. The van der Waals surface area contributed by atoms with Gasteiger partial charge in [0.05, 0.1) is 5.69 Å². The van der Waals surface area contributed by atoms with Crippen molar-refractivity contribution in [1.29, 1.82) is 0 Å². The average Bonchev–Trinajstić information content (AvgIpc) is 3.06. The molecule has 1 aromatic carbocycles. The van der Waals surface area contributed by atoms with E-state index in [2.05, 4.69) is 53.2 Å². The third-order valence-electron chi connectivity index (χ3n) is 3.93. The summed E-state index contributed by atoms with van der Waals surface area (Å²) in [5.41, 5.74) is 3.19. The Bertz CT molecular complexity index is 646. The Morgan fingerprint density at radius 1 is 1.29 bits per heavy atom. The molecule has 0 amide bonds. The third kappa shape index (κ3) is 5.11. The molecular formula is C19H28N4O. The van der Waals surface area contributed by atoms with E-state index in [1.165, 1.54) is 18.4 Å². The minimum atomic E-state index is 0.675. The van der Waals surface area contributed by atoms with Crippen molar-refractivity contribution in [3.05, 3.63) is 41.8 Å². The lowest BCUT2D eigenvalue weighted by Gasteiger charge is -2.21. The highest BCUT2D eigenvalue weighted by molar-refractivity contribution is 5.79. The van der Waals surface area contributed by atoms with Crippen LogP contribution in [0.15, 0.2) is 39.9 Å². The van der Waals surface area contributed by atoms with Crippen molar-refractivity contribution in [3.8, 4) is 11.5 Å². The van der Waals surface area contributed by atoms with Crippen molar-refractivity contribution >= 4 is 5.96 Å². The molecule has 130 valence electrons. The molecule has 5 nitrogen and oxygen atoms in total. The van der Waals surface area contributed by atoms with Gasteiger partial charge in [0.1, 0.15) is 6.26 Å². The molecule has 0 aliphatic rings. The maximum absolute atomic E-state index is 5.60. The quantitative estimate of drug-likeness (QED) is 0.624. The lowest BCUT2D eigenvalue weighted by atomic mass is 10.1. The van der Waals surface area contributed by atoms with Gasteiger partial charge >= 0.3 is 0 Å². The smallest absolute Gasteiger partial charge is 0.226 e. The summed E-state index contributed by atoms with van der Waals surface area (Å²) in [5.74, 6) is 1.60. The number of aryl methyl sites for hydroxylation is 1. The molecule has 0 saturated carbocycles. The fourth-order valence-corrected chi connectivity index (χ4v) is 2.44. The molecule has 2 rings (SSSR count). The first-order valence-corrected chi connectivity index (χ1v) is 8.57. The van der Waals surface area contributed by atoms with Crippen molar-refractivity contribution in [2.45, 2.75) is 33.1 Å². The zero-order valence-electron chi connectivity index (χ0n) is 15.2. The van der Waals surface area contributed by atoms with Crippen LogP contribution in [-0.4, -0.2) is 43.0 Å². The highest BCUT2D eigenvalue weighted by Crippen LogP contribution is 2.19. The highest BCUT2D eigenvalue weighted by atomic mass is 16.3. The first-order valence-electron chi connectivity index (χ1n) is 8.57. The van der Waals surface area contributed by atoms with Gasteiger partial charge in [0.2, 0.25) is 5.89 Å². The van der Waals surface area contributed by atoms with E-state index < -0.39 is 0 Å². The van der Waals surface area contributed by atoms with Crippen LogP contribution in [0.4, 0.5) is 0 Å². The summed E-state index contributed by atoms with van der Waals surface area (Å²) in [6, 6.07) is 8.20. The number of hydrogen-bond acceptors (Lipinski definition) is 3. The Hall–Kier alpha value is -2.30. The van der Waals surface area contributed by atoms with Gasteiger partial charge in [0.25, 0.3) is 0 Å². The summed E-state index contributed by atoms with van der Waals surface area (Å²) in [4.78, 5) is 11.0. The van der Waals surface area contributed by atoms with E-state index in [-0.39, 0.29) is 0 Å². The van der Waals surface area contributed by atoms with Crippen LogP contribution in [-0.2, 0) is 6.42 Å². The Morgan fingerprint density at radius 3 is 2.71 bits per heavy atom. The molecule has 0 spiro atoms. The van der Waals surface area contributed by atoms with Crippen LogP contribution in [0.25, 0.3) is 11.5 Å². The summed E-state index contributed by atoms with van der Waals surface area (Å²) < 4.78 is 5.60. The Balaban J connectivity index is 1.85. The number of aliphatic imine (C=N–C) groups is 1. The van der Waals surface area contributed by atoms with E-state index in [1.807, 2.05) is 19.2 Å². The van der Waals surface area contributed by atoms with Crippen molar-refractivity contribution in [3.63, 3.8) is 0 Å². The van der Waals surface area contributed by atoms with Crippen LogP contribution in [0.1, 0.15) is 31.0 Å². The zero-order chi connectivity index (χ0) is 17.4. The summed E-state index contributed by atoms with van der Waals surface area (Å²) in [6.07, 6.45) is 4.89. The number of nitrogens with zero attached hydrogens (tertiary/aromatic N) is 3. The molecule has 1 N–H and O–H groups in total. The maximum Gasteiger partial charge on any atom is 0.226 e. The van der Waals surface area contributed by atoms with Gasteiger partial charge in [-0.15, -0.1) is 0 Å². The summed E-state index contributed by atoms with van der Waals surface area (Å²) in [6.45, 7) is 6.06. The van der Waals surface area contributed by atoms with Gasteiger partial charge < -0.3 is 14.6 Å². The molecule has 0 aliphatic carbocycles. The van der Waals surface area contributed by atoms with Crippen molar-refractivity contribution in [2.24, 2.45) is 4.99 Å². The molecule has 0 unspecified atom stereocenters. The van der Waals surface area contributed by atoms with Gasteiger partial charge in [-0.1, -0.05) is 31.0 Å². The van der Waals surface area contributed by atoms with E-state index in [9.17, 15) is 0 Å². The lowest BCUT2D eigenvalue weighted by molar-refractivity contribution is 0.465. The van der Waals surface area contributed by atoms with Crippen LogP contribution in [0, 0.1) is 6.92 Å². The first kappa shape index (κ1) is 18.0. The predicted octanol–water partition coefficient (Wildman–Crippen LogP) is 3.50. The topological polar surface area (TPSA) is 53.7 Å². The third-order valence-corrected chi connectivity index (χ3v) is 3.93. The second kappa shape index (κ2) is 9.11. The molecule has 0 atom stereocenters. The van der Waals surface area contributed by atoms with Gasteiger partial charge in [0, 0.05) is 39.2 Å². The predicted molar refractivity (Wildman–Crippen MR) is 99.3 cm³/mol. The number of rotatable bonds is 7. The van der Waals surface area contributed by atoms with Crippen LogP contribution < -0.4 is 5.32 Å². The second-order valence-corrected chi connectivity index (χ2v) is 6.01. The summed E-state index contributed by atoms with van der Waals surface area (Å²) in [7, 11) is 3.88. The van der Waals surface area contributed by atoms with Gasteiger partial charge in [-0.3, -0.25) is 4.99 Å². The minimum absolute atomic E-state index is 0.675. The van der Waals surface area contributed by atoms with Gasteiger partial charge in [-0.2, -0.15) is 0 Å². The number of benzene rings is 1. The Kier molecular flexibility index (Phi) is 6.85. The number of nitrogens with one attached hydrogen (secondary N) is 1. The number of hydrogen-bond donors (Lipinski definition) is 1. The molecule has 5 heteroatoms. The number of unbranched alkanes of at least 4 members (excludes halogenated alkanes) is 1. The normalized spacial score (nSPS) is 11.6. The summed E-state index contributed by atoms with van der Waals surface area (Å²) in [5, 5.41) is 3.38. The zero-order valence-corrected chi connectivity index (χ0v) is 15.2. The fraction of sp³-hybridized carbons (Fsp3) is 0.474. The van der Waals surface area contributed by atoms with E-state index in [0.29, 0.717) is 5.89 Å². The average molecular weight is 328 g/mol. The first-order chi connectivity index (χ1) is 11.6. The molecule has 1 aromatic heterocycles. The van der Waals surface area contributed by atoms with Crippen LogP contribution in [0.5, 0.6) is 0 Å². The van der Waals surface area contributed by atoms with Crippen LogP contribution >= 0.6 is 0 Å². The Labute approximate surface area is 144 Å². The number of guanidine groups is 1. The SMILES string of the molecule is CCCCN(C)C(=NC)NCCc1coc(-c2ccc(C)cc2)n1. The number of oxazole rings is 1. The largest absolute Gasteiger partial charge is 0.444 e. The van der Waals surface area contributed by atoms with Gasteiger partial charge in [-0.25, -0.2) is 4.98 Å². The molecule has 0 saturated heterocycles. The maximum atomic E-state index is 5.60. The molecule has 0 aliphatic heterocycles. The molecular weight excluding hydrogens is 300 g/mol.